The van der Waals surface area contributed by atoms with Gasteiger partial charge in [0.1, 0.15) is 0 Å². The van der Waals surface area contributed by atoms with Gasteiger partial charge in [0.05, 0.1) is 6.42 Å². The smallest absolute Gasteiger partial charge is 0.303 e. The Balaban J connectivity index is 1.88. The minimum atomic E-state index is -0.718. The van der Waals surface area contributed by atoms with Gasteiger partial charge in [-0.1, -0.05) is 11.8 Å². The highest BCUT2D eigenvalue weighted by atomic mass is 32.2. The number of carboxylic acids is 1. The third-order valence-electron chi connectivity index (χ3n) is 2.57. The molecule has 0 atom stereocenters. The molecule has 1 aromatic rings. The zero-order valence-electron chi connectivity index (χ0n) is 8.38. The monoisotopic (exact) mass is 228 g/mol. The number of nitrogens with zero attached hydrogens (tertiary/aromatic N) is 4. The van der Waals surface area contributed by atoms with E-state index in [1.54, 1.807) is 11.7 Å². The molecule has 0 bridgehead atoms. The molecular formula is C8H12N4O2S. The summed E-state index contributed by atoms with van der Waals surface area (Å²) in [5.41, 5.74) is -0.0115. The van der Waals surface area contributed by atoms with Gasteiger partial charge in [-0.3, -0.25) is 4.79 Å². The van der Waals surface area contributed by atoms with E-state index in [4.69, 9.17) is 5.11 Å². The lowest BCUT2D eigenvalue weighted by Crippen LogP contribution is -2.11. The number of carbonyl (C=O) groups is 1. The topological polar surface area (TPSA) is 80.9 Å². The molecular weight excluding hydrogens is 216 g/mol. The summed E-state index contributed by atoms with van der Waals surface area (Å²) in [4.78, 5) is 10.6. The number of aliphatic carboxylic acids is 1. The lowest BCUT2D eigenvalue weighted by molar-refractivity contribution is -0.138. The Morgan fingerprint density at radius 3 is 2.87 bits per heavy atom. The third kappa shape index (κ3) is 2.47. The predicted octanol–water partition coefficient (Wildman–Crippen LogP) is 0.557. The van der Waals surface area contributed by atoms with E-state index in [1.165, 1.54) is 11.8 Å². The molecule has 2 rings (SSSR count). The standard InChI is InChI=1S/C8H12N4O2S/c1-12-7(9-10-11-12)15-5-8(2-3-8)4-6(13)14/h2-5H2,1H3,(H,13,14). The van der Waals surface area contributed by atoms with Gasteiger partial charge >= 0.3 is 5.97 Å². The fraction of sp³-hybridized carbons (Fsp3) is 0.750. The average Bonchev–Trinajstić information content (AvgIpc) is 2.78. The molecule has 1 aromatic heterocycles. The molecule has 1 fully saturated rings. The number of thioether (sulfide) groups is 1. The fourth-order valence-corrected chi connectivity index (χ4v) is 2.57. The minimum absolute atomic E-state index is 0.0115. The van der Waals surface area contributed by atoms with Crippen molar-refractivity contribution in [2.75, 3.05) is 5.75 Å². The summed E-state index contributed by atoms with van der Waals surface area (Å²) in [5.74, 6) is 0.0669. The third-order valence-corrected chi connectivity index (χ3v) is 3.93. The summed E-state index contributed by atoms with van der Waals surface area (Å²) in [6.07, 6.45) is 2.25. The van der Waals surface area contributed by atoms with Gasteiger partial charge in [-0.05, 0) is 28.7 Å². The van der Waals surface area contributed by atoms with Gasteiger partial charge in [-0.15, -0.1) is 5.10 Å². The maximum absolute atomic E-state index is 10.6. The Hall–Kier alpha value is -1.11. The molecule has 0 saturated heterocycles. The van der Waals surface area contributed by atoms with Gasteiger partial charge in [0.25, 0.3) is 0 Å². The first kappa shape index (κ1) is 10.4. The number of hydrogen-bond acceptors (Lipinski definition) is 5. The SMILES string of the molecule is Cn1nnnc1SCC1(CC(=O)O)CC1. The van der Waals surface area contributed by atoms with Gasteiger partial charge in [0.15, 0.2) is 0 Å². The van der Waals surface area contributed by atoms with Gasteiger partial charge in [-0.25, -0.2) is 4.68 Å². The number of carboxylic acid groups (broad SMARTS) is 1. The van der Waals surface area contributed by atoms with Gasteiger partial charge in [0.2, 0.25) is 5.16 Å². The lowest BCUT2D eigenvalue weighted by atomic mass is 10.1. The van der Waals surface area contributed by atoms with E-state index in [2.05, 4.69) is 15.5 Å². The first-order chi connectivity index (χ1) is 7.11. The van der Waals surface area contributed by atoms with Crippen molar-refractivity contribution in [3.63, 3.8) is 0 Å². The van der Waals surface area contributed by atoms with E-state index < -0.39 is 5.97 Å². The van der Waals surface area contributed by atoms with Crippen LogP contribution in [0.15, 0.2) is 5.16 Å². The van der Waals surface area contributed by atoms with Crippen LogP contribution in [0.5, 0.6) is 0 Å². The molecule has 0 radical (unpaired) electrons. The maximum Gasteiger partial charge on any atom is 0.303 e. The van der Waals surface area contributed by atoms with Crippen LogP contribution < -0.4 is 0 Å². The Morgan fingerprint density at radius 1 is 1.67 bits per heavy atom. The fourth-order valence-electron chi connectivity index (χ4n) is 1.43. The van der Waals surface area contributed by atoms with Crippen LogP contribution in [0.4, 0.5) is 0 Å². The molecule has 1 saturated carbocycles. The molecule has 6 nitrogen and oxygen atoms in total. The van der Waals surface area contributed by atoms with Crippen molar-refractivity contribution in [1.29, 1.82) is 0 Å². The molecule has 0 aliphatic heterocycles. The van der Waals surface area contributed by atoms with Crippen molar-refractivity contribution in [1.82, 2.24) is 20.2 Å². The highest BCUT2D eigenvalue weighted by Gasteiger charge is 2.44. The Labute approximate surface area is 91.0 Å². The highest BCUT2D eigenvalue weighted by Crippen LogP contribution is 2.51. The quantitative estimate of drug-likeness (QED) is 0.741. The van der Waals surface area contributed by atoms with Crippen LogP contribution in [0, 0.1) is 5.41 Å². The van der Waals surface area contributed by atoms with Crippen LogP contribution in [-0.4, -0.2) is 37.0 Å². The summed E-state index contributed by atoms with van der Waals surface area (Å²) in [5, 5.41) is 20.6. The first-order valence-corrected chi connectivity index (χ1v) is 5.67. The molecule has 0 unspecified atom stereocenters. The van der Waals surface area contributed by atoms with Crippen LogP contribution in [-0.2, 0) is 11.8 Å². The van der Waals surface area contributed by atoms with Crippen LogP contribution in [0.3, 0.4) is 0 Å². The number of rotatable bonds is 5. The predicted molar refractivity (Wildman–Crippen MR) is 53.4 cm³/mol. The molecule has 1 aliphatic rings. The number of tetrazole rings is 1. The van der Waals surface area contributed by atoms with E-state index >= 15 is 0 Å². The number of aromatic nitrogens is 4. The van der Waals surface area contributed by atoms with Crippen molar-refractivity contribution in [3.05, 3.63) is 0 Å². The van der Waals surface area contributed by atoms with Crippen LogP contribution >= 0.6 is 11.8 Å². The van der Waals surface area contributed by atoms with E-state index in [1.807, 2.05) is 0 Å². The molecule has 0 amide bonds. The van der Waals surface area contributed by atoms with Crippen LogP contribution in [0.2, 0.25) is 0 Å². The highest BCUT2D eigenvalue weighted by molar-refractivity contribution is 7.99. The second-order valence-corrected chi connectivity index (χ2v) is 4.89. The van der Waals surface area contributed by atoms with Gasteiger partial charge in [-0.2, -0.15) is 0 Å². The van der Waals surface area contributed by atoms with E-state index in [-0.39, 0.29) is 11.8 Å². The second-order valence-electron chi connectivity index (χ2n) is 3.94. The Kier molecular flexibility index (Phi) is 2.64. The van der Waals surface area contributed by atoms with Crippen LogP contribution in [0.1, 0.15) is 19.3 Å². The van der Waals surface area contributed by atoms with E-state index in [9.17, 15) is 4.79 Å². The molecule has 7 heteroatoms. The van der Waals surface area contributed by atoms with Crippen molar-refractivity contribution in [2.45, 2.75) is 24.4 Å². The molecule has 1 aliphatic carbocycles. The summed E-state index contributed by atoms with van der Waals surface area (Å²) in [6.45, 7) is 0. The summed E-state index contributed by atoms with van der Waals surface area (Å²) in [7, 11) is 1.78. The molecule has 15 heavy (non-hydrogen) atoms. The first-order valence-electron chi connectivity index (χ1n) is 4.68. The lowest BCUT2D eigenvalue weighted by Gasteiger charge is -2.10. The summed E-state index contributed by atoms with van der Waals surface area (Å²) < 4.78 is 1.60. The van der Waals surface area contributed by atoms with Gasteiger partial charge in [0, 0.05) is 12.8 Å². The molecule has 0 spiro atoms. The normalized spacial score (nSPS) is 17.7. The average molecular weight is 228 g/mol. The Bertz CT molecular complexity index is 374. The number of aryl methyl sites for hydroxylation is 1. The molecule has 1 N–H and O–H groups in total. The van der Waals surface area contributed by atoms with Crippen molar-refractivity contribution >= 4 is 17.7 Å². The Morgan fingerprint density at radius 2 is 2.40 bits per heavy atom. The number of hydrogen-bond donors (Lipinski definition) is 1. The summed E-state index contributed by atoms with van der Waals surface area (Å²) in [6, 6.07) is 0. The second kappa shape index (κ2) is 3.80. The van der Waals surface area contributed by atoms with Gasteiger partial charge < -0.3 is 5.11 Å². The molecule has 0 aromatic carbocycles. The van der Waals surface area contributed by atoms with Crippen LogP contribution in [0.25, 0.3) is 0 Å². The zero-order chi connectivity index (χ0) is 10.9. The van der Waals surface area contributed by atoms with E-state index in [0.717, 1.165) is 23.8 Å². The van der Waals surface area contributed by atoms with Crippen molar-refractivity contribution in [3.8, 4) is 0 Å². The molecule has 82 valence electrons. The largest absolute Gasteiger partial charge is 0.481 e. The van der Waals surface area contributed by atoms with E-state index in [0.29, 0.717) is 0 Å². The van der Waals surface area contributed by atoms with Crippen molar-refractivity contribution in [2.24, 2.45) is 12.5 Å². The van der Waals surface area contributed by atoms with Crippen molar-refractivity contribution < 1.29 is 9.90 Å². The minimum Gasteiger partial charge on any atom is -0.481 e. The maximum atomic E-state index is 10.6. The summed E-state index contributed by atoms with van der Waals surface area (Å²) >= 11 is 1.53. The zero-order valence-corrected chi connectivity index (χ0v) is 9.20. The molecule has 1 heterocycles.